The maximum Gasteiger partial charge on any atom is 0.267 e. The summed E-state index contributed by atoms with van der Waals surface area (Å²) in [6, 6.07) is 21.0. The number of hydrogen-bond acceptors (Lipinski definition) is 5. The molecule has 0 saturated heterocycles. The van der Waals surface area contributed by atoms with E-state index in [-0.39, 0.29) is 17.2 Å². The number of anilines is 1. The second-order valence-electron chi connectivity index (χ2n) is 8.27. The average molecular weight is 470 g/mol. The third kappa shape index (κ3) is 3.97. The summed E-state index contributed by atoms with van der Waals surface area (Å²) in [6.07, 6.45) is 0. The van der Waals surface area contributed by atoms with Crippen LogP contribution >= 0.6 is 11.8 Å². The Morgan fingerprint density at radius 3 is 2.47 bits per heavy atom. The first-order valence-electron chi connectivity index (χ1n) is 10.9. The molecule has 1 N–H and O–H groups in total. The first-order valence-corrected chi connectivity index (χ1v) is 11.9. The van der Waals surface area contributed by atoms with Gasteiger partial charge in [0.2, 0.25) is 11.7 Å². The van der Waals surface area contributed by atoms with Crippen LogP contribution in [0.4, 0.5) is 5.69 Å². The molecule has 34 heavy (non-hydrogen) atoms. The van der Waals surface area contributed by atoms with Gasteiger partial charge in [0.05, 0.1) is 22.3 Å². The molecule has 8 heteroatoms. The number of carbonyl (C=O) groups excluding carboxylic acids is 1. The van der Waals surface area contributed by atoms with Crippen molar-refractivity contribution in [1.82, 2.24) is 19.2 Å². The molecule has 2 aromatic heterocycles. The Morgan fingerprint density at radius 2 is 1.68 bits per heavy atom. The molecular weight excluding hydrogens is 446 g/mol. The Bertz CT molecular complexity index is 1600. The quantitative estimate of drug-likeness (QED) is 0.378. The van der Waals surface area contributed by atoms with Crippen molar-refractivity contribution in [1.29, 1.82) is 0 Å². The largest absolute Gasteiger partial charge is 0.325 e. The van der Waals surface area contributed by atoms with E-state index in [9.17, 15) is 9.59 Å². The molecule has 0 unspecified atom stereocenters. The highest BCUT2D eigenvalue weighted by Crippen LogP contribution is 2.25. The number of para-hydroxylation sites is 1. The molecule has 0 spiro atoms. The number of aryl methyl sites for hydroxylation is 3. The first-order chi connectivity index (χ1) is 16.4. The summed E-state index contributed by atoms with van der Waals surface area (Å²) >= 11 is 1.28. The molecular formula is C26H23N5O2S. The second-order valence-corrected chi connectivity index (χ2v) is 9.21. The molecule has 0 bridgehead atoms. The lowest BCUT2D eigenvalue weighted by Gasteiger charge is -2.14. The minimum Gasteiger partial charge on any atom is -0.325 e. The van der Waals surface area contributed by atoms with E-state index in [1.165, 1.54) is 11.8 Å². The van der Waals surface area contributed by atoms with Gasteiger partial charge in [0.1, 0.15) is 0 Å². The molecule has 1 amide bonds. The molecule has 0 atom stereocenters. The molecule has 5 rings (SSSR count). The topological polar surface area (TPSA) is 81.3 Å². The number of thioether (sulfide) groups is 1. The van der Waals surface area contributed by atoms with Crippen LogP contribution in [0, 0.1) is 20.8 Å². The van der Waals surface area contributed by atoms with Crippen molar-refractivity contribution >= 4 is 40.0 Å². The van der Waals surface area contributed by atoms with E-state index >= 15 is 0 Å². The van der Waals surface area contributed by atoms with E-state index in [0.29, 0.717) is 21.8 Å². The SMILES string of the molecule is Cc1ccc(NC(=O)CSc2nnc3n(-c4cc(C)ccc4C)c(=O)c4ccccc4n23)cc1. The zero-order valence-corrected chi connectivity index (χ0v) is 19.9. The van der Waals surface area contributed by atoms with Gasteiger partial charge in [-0.2, -0.15) is 0 Å². The number of nitrogens with zero attached hydrogens (tertiary/aromatic N) is 4. The van der Waals surface area contributed by atoms with Gasteiger partial charge < -0.3 is 5.32 Å². The molecule has 5 aromatic rings. The predicted octanol–water partition coefficient (Wildman–Crippen LogP) is 4.69. The minimum absolute atomic E-state index is 0.141. The van der Waals surface area contributed by atoms with Gasteiger partial charge in [-0.1, -0.05) is 53.7 Å². The van der Waals surface area contributed by atoms with Crippen LogP contribution in [-0.4, -0.2) is 30.8 Å². The standard InChI is InChI=1S/C26H23N5O2S/c1-16-9-12-19(13-10-16)27-23(32)15-34-26-29-28-25-30(22-14-17(2)8-11-18(22)3)24(33)20-6-4-5-7-21(20)31(25)26/h4-14H,15H2,1-3H3,(H,27,32). The first kappa shape index (κ1) is 21.9. The Morgan fingerprint density at radius 1 is 0.941 bits per heavy atom. The summed E-state index contributed by atoms with van der Waals surface area (Å²) in [6.45, 7) is 5.96. The van der Waals surface area contributed by atoms with Gasteiger partial charge in [-0.3, -0.25) is 14.0 Å². The van der Waals surface area contributed by atoms with Crippen LogP contribution in [0.25, 0.3) is 22.4 Å². The zero-order chi connectivity index (χ0) is 23.8. The average Bonchev–Trinajstić information content (AvgIpc) is 3.25. The fourth-order valence-electron chi connectivity index (χ4n) is 3.91. The van der Waals surface area contributed by atoms with Gasteiger partial charge in [-0.15, -0.1) is 10.2 Å². The van der Waals surface area contributed by atoms with E-state index in [1.54, 1.807) is 10.6 Å². The monoisotopic (exact) mass is 469 g/mol. The van der Waals surface area contributed by atoms with E-state index in [2.05, 4.69) is 15.5 Å². The van der Waals surface area contributed by atoms with Crippen LogP contribution < -0.4 is 10.9 Å². The van der Waals surface area contributed by atoms with Gasteiger partial charge in [0.15, 0.2) is 5.16 Å². The predicted molar refractivity (Wildman–Crippen MR) is 136 cm³/mol. The van der Waals surface area contributed by atoms with Crippen molar-refractivity contribution in [3.63, 3.8) is 0 Å². The molecule has 2 heterocycles. The van der Waals surface area contributed by atoms with Crippen LogP contribution in [-0.2, 0) is 4.79 Å². The van der Waals surface area contributed by atoms with Crippen molar-refractivity contribution in [3.8, 4) is 5.69 Å². The van der Waals surface area contributed by atoms with Crippen LogP contribution in [0.1, 0.15) is 16.7 Å². The zero-order valence-electron chi connectivity index (χ0n) is 19.1. The normalized spacial score (nSPS) is 11.3. The number of nitrogens with one attached hydrogen (secondary N) is 1. The Labute approximate surface area is 200 Å². The van der Waals surface area contributed by atoms with Crippen LogP contribution in [0.2, 0.25) is 0 Å². The number of hydrogen-bond donors (Lipinski definition) is 1. The molecule has 170 valence electrons. The highest BCUT2D eigenvalue weighted by Gasteiger charge is 2.19. The maximum absolute atomic E-state index is 13.5. The number of aromatic nitrogens is 4. The van der Waals surface area contributed by atoms with Crippen LogP contribution in [0.15, 0.2) is 76.7 Å². The van der Waals surface area contributed by atoms with Crippen molar-refractivity contribution in [2.45, 2.75) is 25.9 Å². The fourth-order valence-corrected chi connectivity index (χ4v) is 4.65. The maximum atomic E-state index is 13.5. The van der Waals surface area contributed by atoms with Gasteiger partial charge >= 0.3 is 0 Å². The number of fused-ring (bicyclic) bond motifs is 3. The molecule has 0 aliphatic rings. The molecule has 0 aliphatic heterocycles. The smallest absolute Gasteiger partial charge is 0.267 e. The lowest BCUT2D eigenvalue weighted by molar-refractivity contribution is -0.113. The fraction of sp³-hybridized carbons (Fsp3) is 0.154. The summed E-state index contributed by atoms with van der Waals surface area (Å²) in [4.78, 5) is 26.1. The highest BCUT2D eigenvalue weighted by molar-refractivity contribution is 7.99. The van der Waals surface area contributed by atoms with Crippen molar-refractivity contribution in [3.05, 3.63) is 93.8 Å². The Kier molecular flexibility index (Phi) is 5.67. The lowest BCUT2D eigenvalue weighted by atomic mass is 10.1. The number of carbonyl (C=O) groups is 1. The Hall–Kier alpha value is -3.91. The molecule has 3 aromatic carbocycles. The second kappa shape index (κ2) is 8.79. The van der Waals surface area contributed by atoms with Gasteiger partial charge in [-0.25, -0.2) is 4.57 Å². The van der Waals surface area contributed by atoms with Crippen LogP contribution in [0.5, 0.6) is 0 Å². The number of rotatable bonds is 5. The summed E-state index contributed by atoms with van der Waals surface area (Å²) in [7, 11) is 0. The molecule has 7 nitrogen and oxygen atoms in total. The van der Waals surface area contributed by atoms with E-state index in [0.717, 1.165) is 28.1 Å². The number of amides is 1. The van der Waals surface area contributed by atoms with E-state index in [1.807, 2.05) is 85.8 Å². The van der Waals surface area contributed by atoms with Crippen molar-refractivity contribution < 1.29 is 4.79 Å². The number of benzene rings is 3. The van der Waals surface area contributed by atoms with Gasteiger partial charge in [0.25, 0.3) is 5.56 Å². The van der Waals surface area contributed by atoms with Crippen molar-refractivity contribution in [2.24, 2.45) is 0 Å². The molecule has 0 fully saturated rings. The summed E-state index contributed by atoms with van der Waals surface area (Å²) < 4.78 is 3.45. The molecule has 0 aliphatic carbocycles. The Balaban J connectivity index is 1.57. The van der Waals surface area contributed by atoms with Crippen LogP contribution in [0.3, 0.4) is 0 Å². The highest BCUT2D eigenvalue weighted by atomic mass is 32.2. The summed E-state index contributed by atoms with van der Waals surface area (Å²) in [5.74, 6) is 0.433. The molecule has 0 saturated carbocycles. The van der Waals surface area contributed by atoms with E-state index in [4.69, 9.17) is 0 Å². The van der Waals surface area contributed by atoms with Gasteiger partial charge in [-0.05, 0) is 62.2 Å². The lowest BCUT2D eigenvalue weighted by Crippen LogP contribution is -2.22. The summed E-state index contributed by atoms with van der Waals surface area (Å²) in [5, 5.41) is 12.7. The summed E-state index contributed by atoms with van der Waals surface area (Å²) in [5.41, 5.74) is 5.19. The third-order valence-electron chi connectivity index (χ3n) is 5.67. The van der Waals surface area contributed by atoms with E-state index < -0.39 is 0 Å². The third-order valence-corrected chi connectivity index (χ3v) is 6.60. The van der Waals surface area contributed by atoms with Gasteiger partial charge in [0, 0.05) is 5.69 Å². The minimum atomic E-state index is -0.155. The molecule has 0 radical (unpaired) electrons. The van der Waals surface area contributed by atoms with Crippen molar-refractivity contribution in [2.75, 3.05) is 11.1 Å².